The smallest absolute Gasteiger partial charge is 0.221 e. The minimum absolute atomic E-state index is 0.0376. The van der Waals surface area contributed by atoms with E-state index in [2.05, 4.69) is 36.5 Å². The highest BCUT2D eigenvalue weighted by molar-refractivity contribution is 9.10. The van der Waals surface area contributed by atoms with Gasteiger partial charge in [-0.1, -0.05) is 0 Å². The first-order valence-corrected chi connectivity index (χ1v) is 5.88. The van der Waals surface area contributed by atoms with E-state index >= 15 is 0 Å². The van der Waals surface area contributed by atoms with Gasteiger partial charge in [-0.25, -0.2) is 9.97 Å². The Hall–Kier alpha value is -1.17. The van der Waals surface area contributed by atoms with Gasteiger partial charge < -0.3 is 10.6 Å². The number of hydrogen-bond acceptors (Lipinski definition) is 4. The summed E-state index contributed by atoms with van der Waals surface area (Å²) in [5.74, 6) is 0.745. The molecule has 0 fully saturated rings. The summed E-state index contributed by atoms with van der Waals surface area (Å²) in [4.78, 5) is 19.2. The monoisotopic (exact) mass is 286 g/mol. The zero-order valence-corrected chi connectivity index (χ0v) is 10.9. The van der Waals surface area contributed by atoms with Crippen LogP contribution in [-0.4, -0.2) is 28.5 Å². The first-order chi connectivity index (χ1) is 7.58. The van der Waals surface area contributed by atoms with E-state index in [-0.39, 0.29) is 11.9 Å². The van der Waals surface area contributed by atoms with E-state index in [4.69, 9.17) is 0 Å². The second-order valence-corrected chi connectivity index (χ2v) is 4.44. The predicted octanol–water partition coefficient (Wildman–Crippen LogP) is 1.57. The lowest BCUT2D eigenvalue weighted by atomic mass is 10.3. The Morgan fingerprint density at radius 3 is 2.88 bits per heavy atom. The van der Waals surface area contributed by atoms with Crippen molar-refractivity contribution in [2.75, 3.05) is 11.9 Å². The van der Waals surface area contributed by atoms with Gasteiger partial charge in [0.05, 0.1) is 0 Å². The molecule has 1 rings (SSSR count). The van der Waals surface area contributed by atoms with Crippen molar-refractivity contribution < 1.29 is 4.79 Å². The first kappa shape index (κ1) is 12.9. The summed E-state index contributed by atoms with van der Waals surface area (Å²) in [5.41, 5.74) is 0. The van der Waals surface area contributed by atoms with Crippen molar-refractivity contribution in [2.45, 2.75) is 26.3 Å². The fraction of sp³-hybridized carbons (Fsp3) is 0.500. The summed E-state index contributed by atoms with van der Waals surface area (Å²) in [5, 5.41) is 5.87. The molecule has 0 aliphatic heterocycles. The summed E-state index contributed by atoms with van der Waals surface area (Å²) >= 11 is 3.25. The topological polar surface area (TPSA) is 66.9 Å². The third-order valence-corrected chi connectivity index (χ3v) is 2.18. The number of amides is 1. The van der Waals surface area contributed by atoms with Crippen molar-refractivity contribution in [2.24, 2.45) is 0 Å². The van der Waals surface area contributed by atoms with Gasteiger partial charge >= 0.3 is 0 Å². The van der Waals surface area contributed by atoms with Crippen LogP contribution in [0.5, 0.6) is 0 Å². The van der Waals surface area contributed by atoms with E-state index in [1.54, 1.807) is 6.07 Å². The SMILES string of the molecule is CC(C)NC(=O)CCNc1cc(Br)ncn1. The highest BCUT2D eigenvalue weighted by Gasteiger charge is 2.02. The average Bonchev–Trinajstić information content (AvgIpc) is 2.16. The molecule has 0 saturated heterocycles. The molecular formula is C10H15BrN4O. The molecule has 0 atom stereocenters. The maximum absolute atomic E-state index is 11.3. The summed E-state index contributed by atoms with van der Waals surface area (Å²) in [6.45, 7) is 4.43. The normalized spacial score (nSPS) is 10.2. The average molecular weight is 287 g/mol. The molecule has 5 nitrogen and oxygen atoms in total. The quantitative estimate of drug-likeness (QED) is 0.807. The predicted molar refractivity (Wildman–Crippen MR) is 66.1 cm³/mol. The van der Waals surface area contributed by atoms with Crippen molar-refractivity contribution >= 4 is 27.7 Å². The number of hydrogen-bond donors (Lipinski definition) is 2. The Morgan fingerprint density at radius 2 is 2.25 bits per heavy atom. The fourth-order valence-corrected chi connectivity index (χ4v) is 1.44. The molecule has 1 aromatic rings. The zero-order chi connectivity index (χ0) is 12.0. The molecule has 0 bridgehead atoms. The van der Waals surface area contributed by atoms with Crippen molar-refractivity contribution in [3.05, 3.63) is 17.0 Å². The Balaban J connectivity index is 2.28. The highest BCUT2D eigenvalue weighted by atomic mass is 79.9. The van der Waals surface area contributed by atoms with Gasteiger partial charge in [-0.05, 0) is 29.8 Å². The summed E-state index contributed by atoms with van der Waals surface area (Å²) in [7, 11) is 0. The standard InChI is InChI=1S/C10H15BrN4O/c1-7(2)15-10(16)3-4-12-9-5-8(11)13-6-14-9/h5-7H,3-4H2,1-2H3,(H,15,16)(H,12,13,14). The molecule has 0 aromatic carbocycles. The minimum atomic E-state index is 0.0376. The van der Waals surface area contributed by atoms with Gasteiger partial charge in [-0.3, -0.25) is 4.79 Å². The van der Waals surface area contributed by atoms with Gasteiger partial charge in [0, 0.05) is 25.1 Å². The summed E-state index contributed by atoms with van der Waals surface area (Å²) < 4.78 is 0.719. The number of nitrogens with one attached hydrogen (secondary N) is 2. The van der Waals surface area contributed by atoms with Crippen LogP contribution in [0.1, 0.15) is 20.3 Å². The van der Waals surface area contributed by atoms with Crippen molar-refractivity contribution in [3.63, 3.8) is 0 Å². The lowest BCUT2D eigenvalue weighted by molar-refractivity contribution is -0.121. The van der Waals surface area contributed by atoms with Gasteiger partial charge in [0.25, 0.3) is 0 Å². The Kier molecular flexibility index (Phi) is 5.18. The van der Waals surface area contributed by atoms with Crippen LogP contribution in [0.4, 0.5) is 5.82 Å². The lowest BCUT2D eigenvalue weighted by Crippen LogP contribution is -2.31. The van der Waals surface area contributed by atoms with Crippen LogP contribution < -0.4 is 10.6 Å². The Labute approximate surface area is 103 Å². The fourth-order valence-electron chi connectivity index (χ4n) is 1.13. The first-order valence-electron chi connectivity index (χ1n) is 5.08. The number of carbonyl (C=O) groups excluding carboxylic acids is 1. The number of rotatable bonds is 5. The van der Waals surface area contributed by atoms with Gasteiger partial charge in [-0.2, -0.15) is 0 Å². The lowest BCUT2D eigenvalue weighted by Gasteiger charge is -2.09. The third kappa shape index (κ3) is 5.06. The zero-order valence-electron chi connectivity index (χ0n) is 9.33. The van der Waals surface area contributed by atoms with E-state index in [1.807, 2.05) is 13.8 Å². The number of halogens is 1. The largest absolute Gasteiger partial charge is 0.369 e. The van der Waals surface area contributed by atoms with Gasteiger partial charge in [-0.15, -0.1) is 0 Å². The summed E-state index contributed by atoms with van der Waals surface area (Å²) in [6, 6.07) is 1.95. The van der Waals surface area contributed by atoms with Crippen molar-refractivity contribution in [1.82, 2.24) is 15.3 Å². The van der Waals surface area contributed by atoms with E-state index in [0.717, 1.165) is 4.60 Å². The van der Waals surface area contributed by atoms with Crippen LogP contribution in [0.3, 0.4) is 0 Å². The van der Waals surface area contributed by atoms with Crippen molar-refractivity contribution in [1.29, 1.82) is 0 Å². The molecule has 0 radical (unpaired) electrons. The molecular weight excluding hydrogens is 272 g/mol. The van der Waals surface area contributed by atoms with Crippen LogP contribution >= 0.6 is 15.9 Å². The maximum atomic E-state index is 11.3. The van der Waals surface area contributed by atoms with Crippen LogP contribution in [-0.2, 0) is 4.79 Å². The molecule has 0 saturated carbocycles. The van der Waals surface area contributed by atoms with Crippen molar-refractivity contribution in [3.8, 4) is 0 Å². The molecule has 1 heterocycles. The molecule has 0 aliphatic rings. The second-order valence-electron chi connectivity index (χ2n) is 3.62. The molecule has 2 N–H and O–H groups in total. The molecule has 88 valence electrons. The van der Waals surface area contributed by atoms with Gasteiger partial charge in [0.1, 0.15) is 16.7 Å². The van der Waals surface area contributed by atoms with Crippen LogP contribution in [0.2, 0.25) is 0 Å². The number of nitrogens with zero attached hydrogens (tertiary/aromatic N) is 2. The van der Waals surface area contributed by atoms with E-state index in [0.29, 0.717) is 18.8 Å². The van der Waals surface area contributed by atoms with Gasteiger partial charge in [0.15, 0.2) is 0 Å². The van der Waals surface area contributed by atoms with Crippen LogP contribution in [0.15, 0.2) is 17.0 Å². The number of carbonyl (C=O) groups is 1. The minimum Gasteiger partial charge on any atom is -0.369 e. The molecule has 1 aromatic heterocycles. The van der Waals surface area contributed by atoms with Crippen LogP contribution in [0, 0.1) is 0 Å². The Bertz CT molecular complexity index is 356. The maximum Gasteiger partial charge on any atom is 0.221 e. The number of anilines is 1. The molecule has 6 heteroatoms. The van der Waals surface area contributed by atoms with Crippen LogP contribution in [0.25, 0.3) is 0 Å². The van der Waals surface area contributed by atoms with E-state index in [1.165, 1.54) is 6.33 Å². The van der Waals surface area contributed by atoms with Gasteiger partial charge in [0.2, 0.25) is 5.91 Å². The van der Waals surface area contributed by atoms with E-state index < -0.39 is 0 Å². The van der Waals surface area contributed by atoms with E-state index in [9.17, 15) is 4.79 Å². The summed E-state index contributed by atoms with van der Waals surface area (Å²) in [6.07, 6.45) is 1.89. The molecule has 16 heavy (non-hydrogen) atoms. The Morgan fingerprint density at radius 1 is 1.50 bits per heavy atom. The highest BCUT2D eigenvalue weighted by Crippen LogP contribution is 2.08. The molecule has 0 unspecified atom stereocenters. The molecule has 0 spiro atoms. The molecule has 1 amide bonds. The third-order valence-electron chi connectivity index (χ3n) is 1.74. The molecule has 0 aliphatic carbocycles. The second kappa shape index (κ2) is 6.42. The number of aromatic nitrogens is 2.